The van der Waals surface area contributed by atoms with E-state index in [0.717, 1.165) is 24.8 Å². The molecule has 136 valence electrons. The fraction of sp³-hybridized carbons (Fsp3) is 0.364. The molecule has 0 aliphatic heterocycles. The van der Waals surface area contributed by atoms with Gasteiger partial charge in [0.1, 0.15) is 17.9 Å². The van der Waals surface area contributed by atoms with Gasteiger partial charge < -0.3 is 9.47 Å². The lowest BCUT2D eigenvalue weighted by atomic mass is 10.1. The zero-order valence-electron chi connectivity index (χ0n) is 15.4. The molecule has 1 atom stereocenters. The lowest BCUT2D eigenvalue weighted by molar-refractivity contribution is 0.0288. The van der Waals surface area contributed by atoms with Crippen LogP contribution in [0.3, 0.4) is 0 Å². The molecule has 0 fully saturated rings. The average molecular weight is 351 g/mol. The van der Waals surface area contributed by atoms with Crippen molar-refractivity contribution in [3.05, 3.63) is 65.2 Å². The number of carbonyl (C=O) groups excluding carboxylic acids is 1. The van der Waals surface area contributed by atoms with Crippen molar-refractivity contribution in [3.63, 3.8) is 0 Å². The monoisotopic (exact) mass is 351 g/mol. The summed E-state index contributed by atoms with van der Waals surface area (Å²) in [5, 5.41) is 9.35. The predicted molar refractivity (Wildman–Crippen MR) is 101 cm³/mol. The van der Waals surface area contributed by atoms with Gasteiger partial charge in [-0.25, -0.2) is 4.79 Å². The molecule has 2 rings (SSSR count). The number of unbranched alkanes of at least 4 members (excludes halogenated alkanes) is 2. The Morgan fingerprint density at radius 2 is 1.88 bits per heavy atom. The van der Waals surface area contributed by atoms with Crippen molar-refractivity contribution in [2.75, 3.05) is 6.61 Å². The second-order valence-electron chi connectivity index (χ2n) is 6.09. The summed E-state index contributed by atoms with van der Waals surface area (Å²) >= 11 is 0. The Bertz CT molecular complexity index is 750. The molecule has 0 saturated carbocycles. The first-order valence-corrected chi connectivity index (χ1v) is 9.12. The van der Waals surface area contributed by atoms with E-state index in [1.807, 2.05) is 37.3 Å². The highest BCUT2D eigenvalue weighted by Gasteiger charge is 2.17. The normalized spacial score (nSPS) is 11.4. The minimum absolute atomic E-state index is 0.306. The summed E-state index contributed by atoms with van der Waals surface area (Å²) in [5.74, 6) is 0.0741. The highest BCUT2D eigenvalue weighted by atomic mass is 16.5. The minimum Gasteiger partial charge on any atom is -0.492 e. The topological polar surface area (TPSA) is 59.3 Å². The molecule has 4 nitrogen and oxygen atoms in total. The van der Waals surface area contributed by atoms with Crippen LogP contribution in [0.15, 0.2) is 48.5 Å². The Morgan fingerprint density at radius 3 is 2.54 bits per heavy atom. The second kappa shape index (κ2) is 10.2. The van der Waals surface area contributed by atoms with E-state index in [1.165, 1.54) is 6.07 Å². The zero-order valence-corrected chi connectivity index (χ0v) is 15.4. The smallest absolute Gasteiger partial charge is 0.338 e. The van der Waals surface area contributed by atoms with Gasteiger partial charge in [-0.15, -0.1) is 0 Å². The third-order valence-corrected chi connectivity index (χ3v) is 4.13. The minimum atomic E-state index is -0.435. The van der Waals surface area contributed by atoms with Crippen molar-refractivity contribution in [1.82, 2.24) is 0 Å². The van der Waals surface area contributed by atoms with E-state index in [-0.39, 0.29) is 6.10 Å². The van der Waals surface area contributed by atoms with Gasteiger partial charge in [0.25, 0.3) is 0 Å². The van der Waals surface area contributed by atoms with Gasteiger partial charge in [-0.1, -0.05) is 57.0 Å². The second-order valence-corrected chi connectivity index (χ2v) is 6.09. The molecule has 0 radical (unpaired) electrons. The summed E-state index contributed by atoms with van der Waals surface area (Å²) in [7, 11) is 0. The van der Waals surface area contributed by atoms with E-state index in [0.29, 0.717) is 29.9 Å². The van der Waals surface area contributed by atoms with E-state index < -0.39 is 5.97 Å². The maximum atomic E-state index is 12.5. The quantitative estimate of drug-likeness (QED) is 0.446. The van der Waals surface area contributed by atoms with Crippen molar-refractivity contribution < 1.29 is 14.3 Å². The standard InChI is InChI=1S/C22H25NO3/c1-3-5-9-14-25-21-13-12-18(15-19(21)16-23)22(24)26-20(4-2)17-10-7-6-8-11-17/h6-8,10-13,15,20H,3-5,9,14H2,1-2H3. The van der Waals surface area contributed by atoms with Crippen LogP contribution in [0, 0.1) is 11.3 Å². The van der Waals surface area contributed by atoms with E-state index in [4.69, 9.17) is 9.47 Å². The van der Waals surface area contributed by atoms with Crippen LogP contribution in [0.1, 0.15) is 67.1 Å². The zero-order chi connectivity index (χ0) is 18.8. The molecule has 26 heavy (non-hydrogen) atoms. The molecule has 2 aromatic rings. The van der Waals surface area contributed by atoms with Gasteiger partial charge in [0.05, 0.1) is 17.7 Å². The Morgan fingerprint density at radius 1 is 1.12 bits per heavy atom. The molecule has 2 aromatic carbocycles. The summed E-state index contributed by atoms with van der Waals surface area (Å²) in [4.78, 5) is 12.5. The largest absolute Gasteiger partial charge is 0.492 e. The summed E-state index contributed by atoms with van der Waals surface area (Å²) in [6, 6.07) is 16.6. The van der Waals surface area contributed by atoms with Crippen LogP contribution in [0.25, 0.3) is 0 Å². The van der Waals surface area contributed by atoms with E-state index in [1.54, 1.807) is 12.1 Å². The summed E-state index contributed by atoms with van der Waals surface area (Å²) in [6.45, 7) is 4.66. The number of hydrogen-bond acceptors (Lipinski definition) is 4. The molecule has 0 heterocycles. The number of esters is 1. The highest BCUT2D eigenvalue weighted by Crippen LogP contribution is 2.25. The van der Waals surface area contributed by atoms with Gasteiger partial charge in [-0.2, -0.15) is 5.26 Å². The fourth-order valence-electron chi connectivity index (χ4n) is 2.66. The lowest BCUT2D eigenvalue weighted by Crippen LogP contribution is -2.11. The molecular weight excluding hydrogens is 326 g/mol. The Balaban J connectivity index is 2.07. The molecule has 0 N–H and O–H groups in total. The molecule has 0 saturated heterocycles. The van der Waals surface area contributed by atoms with E-state index in [2.05, 4.69) is 13.0 Å². The van der Waals surface area contributed by atoms with Crippen molar-refractivity contribution in [2.45, 2.75) is 45.6 Å². The van der Waals surface area contributed by atoms with Gasteiger partial charge in [0.15, 0.2) is 0 Å². The first kappa shape index (κ1) is 19.5. The molecule has 0 amide bonds. The predicted octanol–water partition coefficient (Wildman–Crippen LogP) is 5.44. The average Bonchev–Trinajstić information content (AvgIpc) is 2.69. The van der Waals surface area contributed by atoms with Gasteiger partial charge >= 0.3 is 5.97 Å². The van der Waals surface area contributed by atoms with Crippen LogP contribution < -0.4 is 4.74 Å². The van der Waals surface area contributed by atoms with Crippen LogP contribution in [-0.2, 0) is 4.74 Å². The molecule has 0 aliphatic rings. The van der Waals surface area contributed by atoms with Crippen molar-refractivity contribution in [2.24, 2.45) is 0 Å². The number of rotatable bonds is 9. The number of ether oxygens (including phenoxy) is 2. The Labute approximate surface area is 155 Å². The third kappa shape index (κ3) is 5.35. The summed E-state index contributed by atoms with van der Waals surface area (Å²) in [5.41, 5.74) is 1.67. The molecule has 0 aromatic heterocycles. The maximum Gasteiger partial charge on any atom is 0.338 e. The van der Waals surface area contributed by atoms with Crippen molar-refractivity contribution in [1.29, 1.82) is 5.26 Å². The molecule has 0 spiro atoms. The van der Waals surface area contributed by atoms with Gasteiger partial charge in [-0.05, 0) is 36.6 Å². The molecule has 4 heteroatoms. The van der Waals surface area contributed by atoms with E-state index in [9.17, 15) is 10.1 Å². The van der Waals surface area contributed by atoms with Crippen LogP contribution in [0.2, 0.25) is 0 Å². The maximum absolute atomic E-state index is 12.5. The molecular formula is C22H25NO3. The summed E-state index contributed by atoms with van der Waals surface area (Å²) < 4.78 is 11.3. The molecule has 0 aliphatic carbocycles. The number of benzene rings is 2. The van der Waals surface area contributed by atoms with Gasteiger partial charge in [0.2, 0.25) is 0 Å². The van der Waals surface area contributed by atoms with Crippen LogP contribution in [-0.4, -0.2) is 12.6 Å². The lowest BCUT2D eigenvalue weighted by Gasteiger charge is -2.17. The number of nitrogens with zero attached hydrogens (tertiary/aromatic N) is 1. The van der Waals surface area contributed by atoms with E-state index >= 15 is 0 Å². The summed E-state index contributed by atoms with van der Waals surface area (Å²) in [6.07, 6.45) is 3.52. The highest BCUT2D eigenvalue weighted by molar-refractivity contribution is 5.90. The number of nitriles is 1. The van der Waals surface area contributed by atoms with Crippen molar-refractivity contribution in [3.8, 4) is 11.8 Å². The molecule has 1 unspecified atom stereocenters. The van der Waals surface area contributed by atoms with Crippen molar-refractivity contribution >= 4 is 5.97 Å². The fourth-order valence-corrected chi connectivity index (χ4v) is 2.66. The SMILES string of the molecule is CCCCCOc1ccc(C(=O)OC(CC)c2ccccc2)cc1C#N. The third-order valence-electron chi connectivity index (χ3n) is 4.13. The first-order chi connectivity index (χ1) is 12.7. The Hall–Kier alpha value is -2.80. The number of carbonyl (C=O) groups is 1. The van der Waals surface area contributed by atoms with Crippen LogP contribution in [0.4, 0.5) is 0 Å². The Kier molecular flexibility index (Phi) is 7.70. The molecule has 0 bridgehead atoms. The van der Waals surface area contributed by atoms with Crippen LogP contribution >= 0.6 is 0 Å². The van der Waals surface area contributed by atoms with Crippen LogP contribution in [0.5, 0.6) is 5.75 Å². The number of hydrogen-bond donors (Lipinski definition) is 0. The first-order valence-electron chi connectivity index (χ1n) is 9.12. The van der Waals surface area contributed by atoms with Gasteiger partial charge in [-0.3, -0.25) is 0 Å². The van der Waals surface area contributed by atoms with Gasteiger partial charge in [0, 0.05) is 0 Å².